The number of hydrogen-bond donors (Lipinski definition) is 0. The smallest absolute Gasteiger partial charge is 0.261 e. The lowest BCUT2D eigenvalue weighted by Crippen LogP contribution is -2.12. The molecule has 0 aliphatic carbocycles. The van der Waals surface area contributed by atoms with Crippen LogP contribution in [-0.4, -0.2) is 35.5 Å². The highest BCUT2D eigenvalue weighted by atomic mass is 35.7. The maximum Gasteiger partial charge on any atom is 0.261 e. The van der Waals surface area contributed by atoms with E-state index >= 15 is 0 Å². The van der Waals surface area contributed by atoms with Crippen molar-refractivity contribution in [1.29, 1.82) is 0 Å². The molecule has 0 bridgehead atoms. The summed E-state index contributed by atoms with van der Waals surface area (Å²) in [5, 5.41) is 0. The second-order valence-corrected chi connectivity index (χ2v) is 8.21. The van der Waals surface area contributed by atoms with Gasteiger partial charge in [-0.3, -0.25) is 0 Å². The van der Waals surface area contributed by atoms with Crippen LogP contribution in [0.15, 0.2) is 29.2 Å². The van der Waals surface area contributed by atoms with E-state index in [9.17, 15) is 16.8 Å². The second-order valence-electron chi connectivity index (χ2n) is 3.39. The lowest BCUT2D eigenvalue weighted by atomic mass is 10.3. The first kappa shape index (κ1) is 14.3. The van der Waals surface area contributed by atoms with Crippen LogP contribution in [0, 0.1) is 0 Å². The Balaban J connectivity index is 2.64. The first-order valence-corrected chi connectivity index (χ1v) is 8.91. The molecule has 0 radical (unpaired) electrons. The zero-order valence-electron chi connectivity index (χ0n) is 8.96. The highest BCUT2D eigenvalue weighted by molar-refractivity contribution is 8.13. The maximum absolute atomic E-state index is 10.9. The van der Waals surface area contributed by atoms with Crippen molar-refractivity contribution in [2.24, 2.45) is 0 Å². The highest BCUT2D eigenvalue weighted by Crippen LogP contribution is 2.18. The molecule has 0 heterocycles. The Kier molecular flexibility index (Phi) is 4.40. The lowest BCUT2D eigenvalue weighted by molar-refractivity contribution is 0.341. The molecule has 0 unspecified atom stereocenters. The molecule has 1 aromatic rings. The molecule has 0 spiro atoms. The molecule has 96 valence electrons. The molecule has 0 N–H and O–H groups in total. The highest BCUT2D eigenvalue weighted by Gasteiger charge is 2.09. The van der Waals surface area contributed by atoms with Crippen LogP contribution in [0.25, 0.3) is 0 Å². The van der Waals surface area contributed by atoms with Crippen LogP contribution in [0.1, 0.15) is 0 Å². The third-order valence-electron chi connectivity index (χ3n) is 1.83. The van der Waals surface area contributed by atoms with Crippen LogP contribution in [0.2, 0.25) is 0 Å². The molecule has 0 aliphatic rings. The minimum absolute atomic E-state index is 0.0196. The molecule has 1 aromatic carbocycles. The molecule has 0 saturated heterocycles. The van der Waals surface area contributed by atoms with Crippen LogP contribution in [0.4, 0.5) is 0 Å². The van der Waals surface area contributed by atoms with Crippen molar-refractivity contribution >= 4 is 29.6 Å². The van der Waals surface area contributed by atoms with E-state index in [-0.39, 0.29) is 17.3 Å². The van der Waals surface area contributed by atoms with Gasteiger partial charge in [0, 0.05) is 16.9 Å². The monoisotopic (exact) mass is 298 g/mol. The first-order chi connectivity index (χ1) is 7.68. The SMILES string of the molecule is CS(=O)(=O)CCOc1ccc(S(=O)(=O)Cl)cc1. The van der Waals surface area contributed by atoms with Gasteiger partial charge in [0.05, 0.1) is 10.6 Å². The Labute approximate surface area is 105 Å². The van der Waals surface area contributed by atoms with E-state index in [4.69, 9.17) is 15.4 Å². The molecular formula is C9H11ClO5S2. The lowest BCUT2D eigenvalue weighted by Gasteiger charge is -2.05. The summed E-state index contributed by atoms with van der Waals surface area (Å²) in [5.41, 5.74) is 0. The van der Waals surface area contributed by atoms with Gasteiger partial charge < -0.3 is 4.74 Å². The van der Waals surface area contributed by atoms with E-state index < -0.39 is 18.9 Å². The molecule has 17 heavy (non-hydrogen) atoms. The molecule has 8 heteroatoms. The molecule has 1 rings (SSSR count). The largest absolute Gasteiger partial charge is 0.493 e. The number of rotatable bonds is 5. The summed E-state index contributed by atoms with van der Waals surface area (Å²) in [7, 11) is -1.68. The van der Waals surface area contributed by atoms with Crippen molar-refractivity contribution in [2.75, 3.05) is 18.6 Å². The molecule has 0 saturated carbocycles. The van der Waals surface area contributed by atoms with E-state index in [2.05, 4.69) is 0 Å². The molecule has 0 fully saturated rings. The van der Waals surface area contributed by atoms with Gasteiger partial charge in [-0.2, -0.15) is 0 Å². The van der Waals surface area contributed by atoms with E-state index in [1.807, 2.05) is 0 Å². The van der Waals surface area contributed by atoms with Gasteiger partial charge in [-0.25, -0.2) is 16.8 Å². The van der Waals surface area contributed by atoms with Crippen molar-refractivity contribution in [1.82, 2.24) is 0 Å². The van der Waals surface area contributed by atoms with Crippen LogP contribution in [0.3, 0.4) is 0 Å². The first-order valence-electron chi connectivity index (χ1n) is 4.54. The molecular weight excluding hydrogens is 288 g/mol. The van der Waals surface area contributed by atoms with E-state index in [1.165, 1.54) is 24.3 Å². The summed E-state index contributed by atoms with van der Waals surface area (Å²) in [6.07, 6.45) is 1.11. The standard InChI is InChI=1S/C9H11ClO5S2/c1-16(11,12)7-6-15-8-2-4-9(5-3-8)17(10,13)14/h2-5H,6-7H2,1H3. The van der Waals surface area contributed by atoms with Gasteiger partial charge in [-0.05, 0) is 24.3 Å². The summed E-state index contributed by atoms with van der Waals surface area (Å²) >= 11 is 0. The minimum Gasteiger partial charge on any atom is -0.493 e. The minimum atomic E-state index is -3.74. The molecule has 5 nitrogen and oxygen atoms in total. The van der Waals surface area contributed by atoms with Gasteiger partial charge in [-0.1, -0.05) is 0 Å². The summed E-state index contributed by atoms with van der Waals surface area (Å²) in [6, 6.07) is 5.41. The Bertz CT molecular complexity index is 574. The number of halogens is 1. The summed E-state index contributed by atoms with van der Waals surface area (Å²) in [6.45, 7) is 0.0196. The van der Waals surface area contributed by atoms with Crippen molar-refractivity contribution in [3.8, 4) is 5.75 Å². The van der Waals surface area contributed by atoms with Gasteiger partial charge in [-0.15, -0.1) is 0 Å². The Morgan fingerprint density at radius 1 is 1.12 bits per heavy atom. The fourth-order valence-corrected chi connectivity index (χ4v) is 2.17. The van der Waals surface area contributed by atoms with Crippen LogP contribution in [0.5, 0.6) is 5.75 Å². The maximum atomic E-state index is 10.9. The normalized spacial score (nSPS) is 12.4. The third kappa shape index (κ3) is 5.38. The zero-order chi connectivity index (χ0) is 13.1. The molecule has 0 aliphatic heterocycles. The fourth-order valence-electron chi connectivity index (χ4n) is 1.01. The second kappa shape index (κ2) is 5.24. The van der Waals surface area contributed by atoms with Gasteiger partial charge in [0.25, 0.3) is 9.05 Å². The Morgan fingerprint density at radius 3 is 2.06 bits per heavy atom. The Hall–Kier alpha value is -0.790. The molecule has 0 aromatic heterocycles. The topological polar surface area (TPSA) is 77.5 Å². The third-order valence-corrected chi connectivity index (χ3v) is 4.11. The average Bonchev–Trinajstić information content (AvgIpc) is 2.15. The number of sulfone groups is 1. The number of benzene rings is 1. The molecule has 0 atom stereocenters. The number of hydrogen-bond acceptors (Lipinski definition) is 5. The summed E-state index contributed by atoms with van der Waals surface area (Å²) in [5.74, 6) is 0.292. The summed E-state index contributed by atoms with van der Waals surface area (Å²) in [4.78, 5) is -0.0328. The van der Waals surface area contributed by atoms with Gasteiger partial charge >= 0.3 is 0 Å². The van der Waals surface area contributed by atoms with Gasteiger partial charge in [0.1, 0.15) is 12.4 Å². The van der Waals surface area contributed by atoms with Gasteiger partial charge in [0.2, 0.25) is 0 Å². The van der Waals surface area contributed by atoms with E-state index in [0.717, 1.165) is 6.26 Å². The van der Waals surface area contributed by atoms with Crippen molar-refractivity contribution in [2.45, 2.75) is 4.90 Å². The predicted molar refractivity (Wildman–Crippen MR) is 64.7 cm³/mol. The average molecular weight is 299 g/mol. The van der Waals surface area contributed by atoms with E-state index in [0.29, 0.717) is 5.75 Å². The van der Waals surface area contributed by atoms with Crippen LogP contribution in [-0.2, 0) is 18.9 Å². The van der Waals surface area contributed by atoms with Crippen LogP contribution >= 0.6 is 10.7 Å². The molecule has 0 amide bonds. The van der Waals surface area contributed by atoms with E-state index in [1.54, 1.807) is 0 Å². The van der Waals surface area contributed by atoms with Crippen molar-refractivity contribution in [3.63, 3.8) is 0 Å². The predicted octanol–water partition coefficient (Wildman–Crippen LogP) is 1.04. The van der Waals surface area contributed by atoms with Crippen molar-refractivity contribution in [3.05, 3.63) is 24.3 Å². The quantitative estimate of drug-likeness (QED) is 0.759. The zero-order valence-corrected chi connectivity index (χ0v) is 11.3. The number of ether oxygens (including phenoxy) is 1. The summed E-state index contributed by atoms with van der Waals surface area (Å²) < 4.78 is 48.7. The fraction of sp³-hybridized carbons (Fsp3) is 0.333. The van der Waals surface area contributed by atoms with Crippen molar-refractivity contribution < 1.29 is 21.6 Å². The van der Waals surface area contributed by atoms with Crippen LogP contribution < -0.4 is 4.74 Å². The van der Waals surface area contributed by atoms with Gasteiger partial charge in [0.15, 0.2) is 9.84 Å². The Morgan fingerprint density at radius 2 is 1.65 bits per heavy atom.